The van der Waals surface area contributed by atoms with Gasteiger partial charge in [0.1, 0.15) is 6.33 Å². The molecule has 0 aliphatic rings. The maximum absolute atomic E-state index is 4.21. The van der Waals surface area contributed by atoms with E-state index < -0.39 is 0 Å². The predicted molar refractivity (Wildman–Crippen MR) is 75.3 cm³/mol. The summed E-state index contributed by atoms with van der Waals surface area (Å²) in [6, 6.07) is 9.81. The fourth-order valence-corrected chi connectivity index (χ4v) is 1.73. The quantitative estimate of drug-likeness (QED) is 0.669. The van der Waals surface area contributed by atoms with Crippen LogP contribution >= 0.6 is 0 Å². The third-order valence-electron chi connectivity index (χ3n) is 2.66. The van der Waals surface area contributed by atoms with Crippen LogP contribution in [0.15, 0.2) is 61.2 Å². The third kappa shape index (κ3) is 2.74. The molecule has 3 aromatic rings. The average Bonchev–Trinajstić information content (AvgIpc) is 2.92. The maximum Gasteiger partial charge on any atom is 0.155 e. The van der Waals surface area contributed by atoms with E-state index in [-0.39, 0.29) is 0 Å². The van der Waals surface area contributed by atoms with Gasteiger partial charge in [0.25, 0.3) is 0 Å². The predicted octanol–water partition coefficient (Wildman–Crippen LogP) is 2.85. The minimum absolute atomic E-state index is 0.843. The number of allylic oxidation sites excluding steroid dienone is 2. The van der Waals surface area contributed by atoms with Crippen LogP contribution in [0, 0.1) is 0 Å². The first-order valence-electron chi connectivity index (χ1n) is 5.97. The standard InChI is InChI=1S/C15H12N4/c1(2-6-14-7-3-4-9-16-14)5-13-8-10-19-15(11-13)17-12-18-19/h1-12H/b5-1+,6-2+. The number of nitrogens with zero attached hydrogens (tertiary/aromatic N) is 4. The molecule has 0 saturated heterocycles. The fraction of sp³-hybridized carbons (Fsp3) is 0. The van der Waals surface area contributed by atoms with Crippen molar-refractivity contribution >= 4 is 17.8 Å². The van der Waals surface area contributed by atoms with E-state index in [0.29, 0.717) is 0 Å². The van der Waals surface area contributed by atoms with E-state index in [1.807, 2.05) is 60.8 Å². The van der Waals surface area contributed by atoms with Gasteiger partial charge in [-0.15, -0.1) is 0 Å². The molecule has 0 unspecified atom stereocenters. The highest BCUT2D eigenvalue weighted by Gasteiger charge is 1.93. The molecule has 3 heterocycles. The van der Waals surface area contributed by atoms with Crippen LogP contribution in [0.1, 0.15) is 11.3 Å². The van der Waals surface area contributed by atoms with Crippen molar-refractivity contribution in [2.45, 2.75) is 0 Å². The maximum atomic E-state index is 4.21. The first kappa shape index (κ1) is 11.3. The molecule has 4 heteroatoms. The van der Waals surface area contributed by atoms with Crippen LogP contribution in [0.2, 0.25) is 0 Å². The number of fused-ring (bicyclic) bond motifs is 1. The van der Waals surface area contributed by atoms with Gasteiger partial charge in [0, 0.05) is 12.4 Å². The third-order valence-corrected chi connectivity index (χ3v) is 2.66. The minimum Gasteiger partial charge on any atom is -0.257 e. The molecule has 0 fully saturated rings. The topological polar surface area (TPSA) is 43.1 Å². The zero-order chi connectivity index (χ0) is 12.9. The van der Waals surface area contributed by atoms with Crippen LogP contribution in [0.3, 0.4) is 0 Å². The zero-order valence-corrected chi connectivity index (χ0v) is 10.2. The smallest absolute Gasteiger partial charge is 0.155 e. The molecular formula is C15H12N4. The van der Waals surface area contributed by atoms with Crippen LogP contribution in [-0.2, 0) is 0 Å². The molecule has 0 atom stereocenters. The van der Waals surface area contributed by atoms with Gasteiger partial charge in [-0.25, -0.2) is 9.50 Å². The summed E-state index contributed by atoms with van der Waals surface area (Å²) in [7, 11) is 0. The highest BCUT2D eigenvalue weighted by atomic mass is 15.3. The molecular weight excluding hydrogens is 236 g/mol. The Bertz CT molecular complexity index is 726. The van der Waals surface area contributed by atoms with Crippen LogP contribution in [0.5, 0.6) is 0 Å². The fourth-order valence-electron chi connectivity index (χ4n) is 1.73. The summed E-state index contributed by atoms with van der Waals surface area (Å²) < 4.78 is 1.74. The van der Waals surface area contributed by atoms with Crippen molar-refractivity contribution in [1.82, 2.24) is 19.6 Å². The Morgan fingerprint density at radius 3 is 2.84 bits per heavy atom. The SMILES string of the molecule is C(/C=C/c1ccccn1)=C\c1ccn2ncnc2c1. The van der Waals surface area contributed by atoms with Gasteiger partial charge in [-0.1, -0.05) is 24.3 Å². The molecule has 0 aliphatic heterocycles. The highest BCUT2D eigenvalue weighted by Crippen LogP contribution is 2.06. The summed E-state index contributed by atoms with van der Waals surface area (Å²) in [4.78, 5) is 8.36. The van der Waals surface area contributed by atoms with E-state index in [0.717, 1.165) is 16.9 Å². The Morgan fingerprint density at radius 2 is 1.95 bits per heavy atom. The van der Waals surface area contributed by atoms with E-state index in [1.54, 1.807) is 17.0 Å². The molecule has 0 spiro atoms. The van der Waals surface area contributed by atoms with Gasteiger partial charge >= 0.3 is 0 Å². The molecule has 0 N–H and O–H groups in total. The van der Waals surface area contributed by atoms with E-state index in [4.69, 9.17) is 0 Å². The largest absolute Gasteiger partial charge is 0.257 e. The number of aromatic nitrogens is 4. The monoisotopic (exact) mass is 248 g/mol. The van der Waals surface area contributed by atoms with Crippen molar-refractivity contribution in [3.63, 3.8) is 0 Å². The van der Waals surface area contributed by atoms with E-state index >= 15 is 0 Å². The van der Waals surface area contributed by atoms with Gasteiger partial charge in [-0.05, 0) is 35.9 Å². The number of pyridine rings is 2. The van der Waals surface area contributed by atoms with Crippen LogP contribution in [-0.4, -0.2) is 19.6 Å². The van der Waals surface area contributed by atoms with Crippen molar-refractivity contribution < 1.29 is 0 Å². The Balaban J connectivity index is 1.73. The summed E-state index contributed by atoms with van der Waals surface area (Å²) in [5, 5.41) is 4.06. The Morgan fingerprint density at radius 1 is 1.00 bits per heavy atom. The lowest BCUT2D eigenvalue weighted by Crippen LogP contribution is -1.85. The van der Waals surface area contributed by atoms with Gasteiger partial charge < -0.3 is 0 Å². The minimum atomic E-state index is 0.843. The first-order valence-corrected chi connectivity index (χ1v) is 5.97. The van der Waals surface area contributed by atoms with E-state index in [2.05, 4.69) is 15.1 Å². The van der Waals surface area contributed by atoms with Gasteiger partial charge in [0.15, 0.2) is 5.65 Å². The van der Waals surface area contributed by atoms with E-state index in [1.165, 1.54) is 0 Å². The van der Waals surface area contributed by atoms with Gasteiger partial charge in [-0.3, -0.25) is 4.98 Å². The first-order chi connectivity index (χ1) is 9.42. The van der Waals surface area contributed by atoms with Crippen molar-refractivity contribution in [3.05, 3.63) is 72.5 Å². The molecule has 0 bridgehead atoms. The van der Waals surface area contributed by atoms with Crippen LogP contribution in [0.25, 0.3) is 17.8 Å². The molecule has 3 rings (SSSR count). The summed E-state index contributed by atoms with van der Waals surface area (Å²) in [5.41, 5.74) is 2.88. The van der Waals surface area contributed by atoms with Crippen LogP contribution in [0.4, 0.5) is 0 Å². The van der Waals surface area contributed by atoms with Gasteiger partial charge in [-0.2, -0.15) is 5.10 Å². The van der Waals surface area contributed by atoms with Gasteiger partial charge in [0.2, 0.25) is 0 Å². The summed E-state index contributed by atoms with van der Waals surface area (Å²) in [6.45, 7) is 0. The summed E-state index contributed by atoms with van der Waals surface area (Å²) >= 11 is 0. The second-order valence-electron chi connectivity index (χ2n) is 4.00. The van der Waals surface area contributed by atoms with Crippen molar-refractivity contribution in [2.75, 3.05) is 0 Å². The lowest BCUT2D eigenvalue weighted by molar-refractivity contribution is 0.960. The molecule has 0 saturated carbocycles. The number of hydrogen-bond acceptors (Lipinski definition) is 3. The number of rotatable bonds is 3. The van der Waals surface area contributed by atoms with Crippen LogP contribution < -0.4 is 0 Å². The lowest BCUT2D eigenvalue weighted by Gasteiger charge is -1.93. The molecule has 0 radical (unpaired) electrons. The lowest BCUT2D eigenvalue weighted by atomic mass is 10.2. The van der Waals surface area contributed by atoms with Crippen molar-refractivity contribution in [3.8, 4) is 0 Å². The molecule has 0 aliphatic carbocycles. The van der Waals surface area contributed by atoms with Crippen molar-refractivity contribution in [2.24, 2.45) is 0 Å². The highest BCUT2D eigenvalue weighted by molar-refractivity contribution is 5.58. The Labute approximate surface area is 110 Å². The van der Waals surface area contributed by atoms with E-state index in [9.17, 15) is 0 Å². The molecule has 0 aromatic carbocycles. The Kier molecular flexibility index (Phi) is 3.14. The normalized spacial score (nSPS) is 11.8. The zero-order valence-electron chi connectivity index (χ0n) is 10.2. The summed E-state index contributed by atoms with van der Waals surface area (Å²) in [6.07, 6.45) is 13.2. The Hall–Kier alpha value is -2.75. The molecule has 19 heavy (non-hydrogen) atoms. The molecule has 0 amide bonds. The second-order valence-corrected chi connectivity index (χ2v) is 4.00. The summed E-state index contributed by atoms with van der Waals surface area (Å²) in [5.74, 6) is 0. The second kappa shape index (κ2) is 5.27. The molecule has 3 aromatic heterocycles. The van der Waals surface area contributed by atoms with Crippen molar-refractivity contribution in [1.29, 1.82) is 0 Å². The average molecular weight is 248 g/mol. The molecule has 92 valence electrons. The van der Waals surface area contributed by atoms with Gasteiger partial charge in [0.05, 0.1) is 5.69 Å². The molecule has 4 nitrogen and oxygen atoms in total. The number of hydrogen-bond donors (Lipinski definition) is 0.